The van der Waals surface area contributed by atoms with Gasteiger partial charge in [-0.1, -0.05) is 6.92 Å². The van der Waals surface area contributed by atoms with Crippen LogP contribution in [0.5, 0.6) is 0 Å². The van der Waals surface area contributed by atoms with Crippen LogP contribution >= 0.6 is 0 Å². The molecular formula is C14H19N3O3. The van der Waals surface area contributed by atoms with Crippen molar-refractivity contribution in [1.82, 2.24) is 4.90 Å². The van der Waals surface area contributed by atoms with E-state index in [1.165, 1.54) is 0 Å². The number of carbonyl (C=O) groups excluding carboxylic acids is 2. The number of nitrogens with two attached hydrogens (primary N) is 1. The molecule has 1 fully saturated rings. The Morgan fingerprint density at radius 2 is 2.00 bits per heavy atom. The van der Waals surface area contributed by atoms with Crippen molar-refractivity contribution >= 4 is 17.6 Å². The summed E-state index contributed by atoms with van der Waals surface area (Å²) >= 11 is 0. The molecule has 1 saturated heterocycles. The standard InChI is InChI=1S/C14H19N3O3/c1-9-8-17(7-6-12(9)18)13(19)10-2-4-11(5-3-10)16-14(15)20/h2-5,9,12,18H,6-8H2,1H3,(H3,15,16,20). The van der Waals surface area contributed by atoms with Gasteiger partial charge in [-0.15, -0.1) is 0 Å². The third-order valence-corrected chi connectivity index (χ3v) is 3.55. The molecule has 0 aliphatic carbocycles. The monoisotopic (exact) mass is 277 g/mol. The third-order valence-electron chi connectivity index (χ3n) is 3.55. The number of aliphatic hydroxyl groups excluding tert-OH is 1. The maximum absolute atomic E-state index is 12.3. The summed E-state index contributed by atoms with van der Waals surface area (Å²) in [5.74, 6) is 0.0258. The number of rotatable bonds is 2. The number of nitrogens with zero attached hydrogens (tertiary/aromatic N) is 1. The highest BCUT2D eigenvalue weighted by Gasteiger charge is 2.27. The summed E-state index contributed by atoms with van der Waals surface area (Å²) in [6.45, 7) is 3.05. The van der Waals surface area contributed by atoms with Crippen molar-refractivity contribution < 1.29 is 14.7 Å². The number of amides is 3. The van der Waals surface area contributed by atoms with E-state index in [0.29, 0.717) is 30.8 Å². The van der Waals surface area contributed by atoms with Gasteiger partial charge in [-0.3, -0.25) is 4.79 Å². The fourth-order valence-corrected chi connectivity index (χ4v) is 2.34. The number of carbonyl (C=O) groups is 2. The van der Waals surface area contributed by atoms with Crippen molar-refractivity contribution in [3.8, 4) is 0 Å². The lowest BCUT2D eigenvalue weighted by Gasteiger charge is -2.34. The first-order valence-corrected chi connectivity index (χ1v) is 6.61. The Morgan fingerprint density at radius 3 is 2.55 bits per heavy atom. The predicted octanol–water partition coefficient (Wildman–Crippen LogP) is 1.02. The summed E-state index contributed by atoms with van der Waals surface area (Å²) < 4.78 is 0. The number of likely N-dealkylation sites (tertiary alicyclic amines) is 1. The van der Waals surface area contributed by atoms with E-state index in [1.807, 2.05) is 6.92 Å². The van der Waals surface area contributed by atoms with E-state index in [2.05, 4.69) is 5.32 Å². The minimum Gasteiger partial charge on any atom is -0.393 e. The summed E-state index contributed by atoms with van der Waals surface area (Å²) in [6.07, 6.45) is 0.273. The summed E-state index contributed by atoms with van der Waals surface area (Å²) in [5, 5.41) is 12.1. The Bertz CT molecular complexity index is 501. The SMILES string of the molecule is CC1CN(C(=O)c2ccc(NC(N)=O)cc2)CCC1O. The predicted molar refractivity (Wildman–Crippen MR) is 75.3 cm³/mol. The zero-order chi connectivity index (χ0) is 14.7. The highest BCUT2D eigenvalue weighted by molar-refractivity contribution is 5.95. The summed E-state index contributed by atoms with van der Waals surface area (Å²) in [4.78, 5) is 24.8. The zero-order valence-corrected chi connectivity index (χ0v) is 11.4. The van der Waals surface area contributed by atoms with Crippen LogP contribution in [0.25, 0.3) is 0 Å². The van der Waals surface area contributed by atoms with Gasteiger partial charge in [0.25, 0.3) is 5.91 Å². The van der Waals surface area contributed by atoms with Crippen molar-refractivity contribution in [1.29, 1.82) is 0 Å². The van der Waals surface area contributed by atoms with Crippen LogP contribution in [0.1, 0.15) is 23.7 Å². The Labute approximate surface area is 117 Å². The van der Waals surface area contributed by atoms with Gasteiger partial charge in [-0.25, -0.2) is 4.79 Å². The van der Waals surface area contributed by atoms with Crippen LogP contribution in [0.15, 0.2) is 24.3 Å². The summed E-state index contributed by atoms with van der Waals surface area (Å²) in [7, 11) is 0. The number of hydrogen-bond acceptors (Lipinski definition) is 3. The first-order chi connectivity index (χ1) is 9.47. The van der Waals surface area contributed by atoms with Gasteiger partial charge in [0.15, 0.2) is 0 Å². The summed E-state index contributed by atoms with van der Waals surface area (Å²) in [6, 6.07) is 5.95. The molecule has 3 amide bonds. The van der Waals surface area contributed by atoms with Gasteiger partial charge < -0.3 is 21.1 Å². The highest BCUT2D eigenvalue weighted by Crippen LogP contribution is 2.19. The minimum atomic E-state index is -0.636. The number of primary amides is 1. The molecule has 1 aromatic carbocycles. The lowest BCUT2D eigenvalue weighted by atomic mass is 9.96. The molecule has 1 aliphatic heterocycles. The zero-order valence-electron chi connectivity index (χ0n) is 11.4. The van der Waals surface area contributed by atoms with Crippen molar-refractivity contribution in [3.05, 3.63) is 29.8 Å². The molecule has 1 aromatic rings. The van der Waals surface area contributed by atoms with Crippen molar-refractivity contribution in [3.63, 3.8) is 0 Å². The van der Waals surface area contributed by atoms with Gasteiger partial charge in [0.05, 0.1) is 6.10 Å². The molecule has 4 N–H and O–H groups in total. The molecule has 0 bridgehead atoms. The van der Waals surface area contributed by atoms with E-state index < -0.39 is 6.03 Å². The van der Waals surface area contributed by atoms with E-state index in [9.17, 15) is 14.7 Å². The molecule has 108 valence electrons. The third kappa shape index (κ3) is 3.27. The van der Waals surface area contributed by atoms with E-state index >= 15 is 0 Å². The smallest absolute Gasteiger partial charge is 0.316 e. The second-order valence-corrected chi connectivity index (χ2v) is 5.15. The Balaban J connectivity index is 2.04. The van der Waals surface area contributed by atoms with Gasteiger partial charge in [0, 0.05) is 24.3 Å². The lowest BCUT2D eigenvalue weighted by Crippen LogP contribution is -2.44. The average Bonchev–Trinajstić information content (AvgIpc) is 2.41. The number of urea groups is 1. The molecule has 0 spiro atoms. The molecule has 0 radical (unpaired) electrons. The first-order valence-electron chi connectivity index (χ1n) is 6.61. The van der Waals surface area contributed by atoms with Crippen molar-refractivity contribution in [2.75, 3.05) is 18.4 Å². The molecule has 2 atom stereocenters. The number of benzene rings is 1. The second kappa shape index (κ2) is 5.92. The van der Waals surface area contributed by atoms with Crippen LogP contribution in [0.3, 0.4) is 0 Å². The fourth-order valence-electron chi connectivity index (χ4n) is 2.34. The molecule has 2 unspecified atom stereocenters. The largest absolute Gasteiger partial charge is 0.393 e. The molecule has 2 rings (SSSR count). The van der Waals surface area contributed by atoms with E-state index in [4.69, 9.17) is 5.73 Å². The number of anilines is 1. The number of aliphatic hydroxyl groups is 1. The molecule has 1 aliphatic rings. The highest BCUT2D eigenvalue weighted by atomic mass is 16.3. The molecule has 0 saturated carbocycles. The van der Waals surface area contributed by atoms with E-state index in [0.717, 1.165) is 0 Å². The maximum Gasteiger partial charge on any atom is 0.316 e. The van der Waals surface area contributed by atoms with E-state index in [1.54, 1.807) is 29.2 Å². The minimum absolute atomic E-state index is 0.0608. The van der Waals surface area contributed by atoms with Gasteiger partial charge in [-0.2, -0.15) is 0 Å². The molecule has 0 aromatic heterocycles. The van der Waals surface area contributed by atoms with Gasteiger partial charge in [-0.05, 0) is 36.6 Å². The van der Waals surface area contributed by atoms with Crippen LogP contribution in [0.2, 0.25) is 0 Å². The number of nitrogens with one attached hydrogen (secondary N) is 1. The Morgan fingerprint density at radius 1 is 1.35 bits per heavy atom. The van der Waals surface area contributed by atoms with Crippen LogP contribution < -0.4 is 11.1 Å². The van der Waals surface area contributed by atoms with Crippen LogP contribution in [-0.4, -0.2) is 41.1 Å². The van der Waals surface area contributed by atoms with Crippen molar-refractivity contribution in [2.24, 2.45) is 11.7 Å². The lowest BCUT2D eigenvalue weighted by molar-refractivity contribution is 0.0297. The summed E-state index contributed by atoms with van der Waals surface area (Å²) in [5.41, 5.74) is 6.13. The van der Waals surface area contributed by atoms with Crippen molar-refractivity contribution in [2.45, 2.75) is 19.4 Å². The van der Waals surface area contributed by atoms with Gasteiger partial charge >= 0.3 is 6.03 Å². The van der Waals surface area contributed by atoms with Gasteiger partial charge in [0.1, 0.15) is 0 Å². The molecule has 6 nitrogen and oxygen atoms in total. The molecular weight excluding hydrogens is 258 g/mol. The molecule has 6 heteroatoms. The topological polar surface area (TPSA) is 95.7 Å². The first kappa shape index (κ1) is 14.3. The Hall–Kier alpha value is -2.08. The second-order valence-electron chi connectivity index (χ2n) is 5.15. The maximum atomic E-state index is 12.3. The molecule has 1 heterocycles. The van der Waals surface area contributed by atoms with Crippen LogP contribution in [0.4, 0.5) is 10.5 Å². The number of hydrogen-bond donors (Lipinski definition) is 3. The van der Waals surface area contributed by atoms with Crippen LogP contribution in [-0.2, 0) is 0 Å². The average molecular weight is 277 g/mol. The van der Waals surface area contributed by atoms with Gasteiger partial charge in [0.2, 0.25) is 0 Å². The fraction of sp³-hybridized carbons (Fsp3) is 0.429. The molecule has 20 heavy (non-hydrogen) atoms. The normalized spacial score (nSPS) is 22.4. The quantitative estimate of drug-likeness (QED) is 0.753. The number of piperidine rings is 1. The Kier molecular flexibility index (Phi) is 4.24. The van der Waals surface area contributed by atoms with Crippen LogP contribution in [0, 0.1) is 5.92 Å². The van der Waals surface area contributed by atoms with E-state index in [-0.39, 0.29) is 17.9 Å².